The molecule has 0 heterocycles. The second-order valence-electron chi connectivity index (χ2n) is 3.51. The molecule has 0 aliphatic rings. The molecule has 0 atom stereocenters. The van der Waals surface area contributed by atoms with Gasteiger partial charge >= 0.3 is 107 Å². The molecule has 2 aromatic carbocycles. The second kappa shape index (κ2) is 4.75. The summed E-state index contributed by atoms with van der Waals surface area (Å²) in [5.41, 5.74) is 1.61. The van der Waals surface area contributed by atoms with Crippen LogP contribution in [0.5, 0.6) is 0 Å². The monoisotopic (exact) mass is 204 g/mol. The molecule has 2 rings (SSSR count). The van der Waals surface area contributed by atoms with Gasteiger partial charge in [0.15, 0.2) is 0 Å². The van der Waals surface area contributed by atoms with Crippen LogP contribution in [-0.4, -0.2) is 33.7 Å². The molecule has 2 aromatic rings. The zero-order valence-corrected chi connectivity index (χ0v) is 10.6. The van der Waals surface area contributed by atoms with E-state index in [4.69, 9.17) is 0 Å². The fraction of sp³-hybridized carbons (Fsp3) is 0. The Kier molecular flexibility index (Phi) is 3.37. The number of carbonyl (C=O) groups is 1. The van der Waals surface area contributed by atoms with Crippen LogP contribution in [0.4, 0.5) is 0 Å². The second-order valence-corrected chi connectivity index (χ2v) is 4.59. The molecule has 15 heavy (non-hydrogen) atoms. The minimum absolute atomic E-state index is 0.126. The van der Waals surface area contributed by atoms with Crippen molar-refractivity contribution in [3.05, 3.63) is 65.7 Å². The van der Waals surface area contributed by atoms with E-state index in [1.54, 1.807) is 0 Å². The Hall–Kier alpha value is -0.890. The number of ketones is 1. The molecule has 0 fully saturated rings. The molecule has 0 saturated carbocycles. The van der Waals surface area contributed by atoms with E-state index in [0.29, 0.717) is 0 Å². The first-order valence-electron chi connectivity index (χ1n) is 4.94. The van der Waals surface area contributed by atoms with E-state index in [0.717, 1.165) is 41.9 Å². The van der Waals surface area contributed by atoms with E-state index in [1.807, 2.05) is 54.6 Å². The predicted octanol–water partition coefficient (Wildman–Crippen LogP) is 1.71. The summed E-state index contributed by atoms with van der Waals surface area (Å²) >= 11 is 0.904. The zero-order chi connectivity index (χ0) is 10.7. The first-order chi connectivity index (χ1) is 7.29. The van der Waals surface area contributed by atoms with Gasteiger partial charge < -0.3 is 0 Å². The summed E-state index contributed by atoms with van der Waals surface area (Å²) in [6.45, 7) is 0. The van der Waals surface area contributed by atoms with E-state index < -0.39 is 0 Å². The van der Waals surface area contributed by atoms with Crippen molar-refractivity contribution in [1.29, 1.82) is 0 Å². The predicted molar refractivity (Wildman–Crippen MR) is 61.7 cm³/mol. The van der Waals surface area contributed by atoms with Crippen LogP contribution in [-0.2, 0) is 0 Å². The molecule has 2 heteroatoms. The molecule has 68 valence electrons. The number of hydrogen-bond acceptors (Lipinski definition) is 1. The van der Waals surface area contributed by atoms with Crippen molar-refractivity contribution in [3.63, 3.8) is 0 Å². The van der Waals surface area contributed by atoms with Crippen LogP contribution in [0.25, 0.3) is 0 Å². The van der Waals surface area contributed by atoms with E-state index in [2.05, 4.69) is 0 Å². The fourth-order valence-corrected chi connectivity index (χ4v) is 2.16. The molecule has 1 nitrogen and oxygen atoms in total. The summed E-state index contributed by atoms with van der Waals surface area (Å²) in [6, 6.07) is 17.2. The summed E-state index contributed by atoms with van der Waals surface area (Å²) in [6.07, 6.45) is 0. The molecular weight excluding hydrogens is 195 g/mol. The summed E-state index contributed by atoms with van der Waals surface area (Å²) in [4.78, 5) is 12.1. The maximum absolute atomic E-state index is 12.1. The van der Waals surface area contributed by atoms with Gasteiger partial charge in [-0.15, -0.1) is 0 Å². The topological polar surface area (TPSA) is 17.1 Å². The molecule has 0 unspecified atom stereocenters. The van der Waals surface area contributed by atoms with Crippen LogP contribution in [0.15, 0.2) is 54.6 Å². The summed E-state index contributed by atoms with van der Waals surface area (Å²) < 4.78 is 1.16. The van der Waals surface area contributed by atoms with Crippen molar-refractivity contribution in [1.82, 2.24) is 0 Å². The van der Waals surface area contributed by atoms with E-state index in [1.165, 1.54) is 0 Å². The van der Waals surface area contributed by atoms with Crippen LogP contribution >= 0.6 is 0 Å². The van der Waals surface area contributed by atoms with Crippen LogP contribution in [0.1, 0.15) is 15.9 Å². The van der Waals surface area contributed by atoms with Crippen molar-refractivity contribution < 1.29 is 4.79 Å². The van der Waals surface area contributed by atoms with Gasteiger partial charge in [-0.25, -0.2) is 0 Å². The third kappa shape index (κ3) is 2.37. The van der Waals surface area contributed by atoms with Crippen LogP contribution in [0.2, 0.25) is 0 Å². The average molecular weight is 204 g/mol. The summed E-state index contributed by atoms with van der Waals surface area (Å²) in [5, 5.41) is 0. The van der Waals surface area contributed by atoms with Gasteiger partial charge in [0.25, 0.3) is 0 Å². The standard InChI is InChI=1S/C13H9O.Na/c14-13(11-7-3-1-4-8-11)12-9-5-2-6-10-12;/h1-9H;. The van der Waals surface area contributed by atoms with Gasteiger partial charge in [0.2, 0.25) is 0 Å². The summed E-state index contributed by atoms with van der Waals surface area (Å²) in [7, 11) is 0. The average Bonchev–Trinajstić information content (AvgIpc) is 2.30. The van der Waals surface area contributed by atoms with Gasteiger partial charge in [-0.05, 0) is 0 Å². The van der Waals surface area contributed by atoms with Crippen molar-refractivity contribution in [2.24, 2.45) is 0 Å². The maximum atomic E-state index is 12.1. The van der Waals surface area contributed by atoms with Gasteiger partial charge in [-0.1, -0.05) is 0 Å². The molecule has 0 aliphatic carbocycles. The first-order valence-corrected chi connectivity index (χ1v) is 5.94. The zero-order valence-electron chi connectivity index (χ0n) is 8.60. The molecule has 0 N–H and O–H groups in total. The molecule has 0 spiro atoms. The Morgan fingerprint density at radius 3 is 2.13 bits per heavy atom. The summed E-state index contributed by atoms with van der Waals surface area (Å²) in [5.74, 6) is 0.126. The van der Waals surface area contributed by atoms with Gasteiger partial charge in [0, 0.05) is 0 Å². The third-order valence-electron chi connectivity index (χ3n) is 2.43. The molecule has 0 aromatic heterocycles. The first kappa shape index (κ1) is 10.6. The van der Waals surface area contributed by atoms with E-state index in [-0.39, 0.29) is 5.78 Å². The Balaban J connectivity index is 2.42. The number of hydrogen-bond donors (Lipinski definition) is 0. The normalized spacial score (nSPS) is 10.0. The van der Waals surface area contributed by atoms with E-state index in [9.17, 15) is 4.79 Å². The third-order valence-corrected chi connectivity index (χ3v) is 3.30. The quantitative estimate of drug-likeness (QED) is 0.537. The SMILES string of the molecule is O=C(c1ccccc1)c1cccc[c]1[Na]. The Labute approximate surface area is 107 Å². The van der Waals surface area contributed by atoms with Gasteiger partial charge in [-0.3, -0.25) is 0 Å². The van der Waals surface area contributed by atoms with E-state index >= 15 is 0 Å². The van der Waals surface area contributed by atoms with Gasteiger partial charge in [0.05, 0.1) is 0 Å². The molecule has 0 aliphatic heterocycles. The van der Waals surface area contributed by atoms with Crippen LogP contribution < -0.4 is 2.81 Å². The van der Waals surface area contributed by atoms with Gasteiger partial charge in [0.1, 0.15) is 0 Å². The molecule has 0 saturated heterocycles. The minimum atomic E-state index is 0.126. The van der Waals surface area contributed by atoms with Crippen LogP contribution in [0, 0.1) is 0 Å². The number of carbonyl (C=O) groups excluding carboxylic acids is 1. The van der Waals surface area contributed by atoms with Crippen molar-refractivity contribution in [2.45, 2.75) is 0 Å². The number of rotatable bonds is 2. The Morgan fingerprint density at radius 1 is 0.867 bits per heavy atom. The van der Waals surface area contributed by atoms with Crippen LogP contribution in [0.3, 0.4) is 0 Å². The molecular formula is C13H9NaO. The van der Waals surface area contributed by atoms with Crippen molar-refractivity contribution >= 4 is 36.5 Å². The molecule has 0 radical (unpaired) electrons. The van der Waals surface area contributed by atoms with Gasteiger partial charge in [-0.2, -0.15) is 0 Å². The fourth-order valence-electron chi connectivity index (χ4n) is 1.57. The number of benzene rings is 2. The van der Waals surface area contributed by atoms with Crippen molar-refractivity contribution in [3.8, 4) is 0 Å². The Morgan fingerprint density at radius 2 is 1.47 bits per heavy atom. The Bertz CT molecular complexity index is 477. The molecule has 0 bridgehead atoms. The molecule has 0 amide bonds. The van der Waals surface area contributed by atoms with Crippen molar-refractivity contribution in [2.75, 3.05) is 0 Å².